The van der Waals surface area contributed by atoms with Gasteiger partial charge in [0.05, 0.1) is 12.6 Å². The van der Waals surface area contributed by atoms with Gasteiger partial charge in [0, 0.05) is 36.5 Å². The standard InChI is InChI=1S/C25H26F2N6O4S/c1-33-8-7-31-22(33)14-3-2-4-15(9-14)36-25(35)18(28)12-38-24-17(27)11-16(26)23(32-24)37-20-10-13(21(29)30)5-6-19(20)34/h2-6,9-11,18,25,34-35H,7-8,12,28H2,1H3,(H3,29,30). The lowest BCUT2D eigenvalue weighted by Gasteiger charge is -2.21. The summed E-state index contributed by atoms with van der Waals surface area (Å²) in [4.78, 5) is 10.3. The van der Waals surface area contributed by atoms with Gasteiger partial charge in [-0.2, -0.15) is 0 Å². The van der Waals surface area contributed by atoms with E-state index in [4.69, 9.17) is 26.4 Å². The molecule has 2 atom stereocenters. The lowest BCUT2D eigenvalue weighted by molar-refractivity contribution is -0.0308. The first kappa shape index (κ1) is 27.1. The summed E-state index contributed by atoms with van der Waals surface area (Å²) < 4.78 is 39.7. The number of nitrogens with zero attached hydrogens (tertiary/aromatic N) is 3. The second kappa shape index (κ2) is 11.6. The van der Waals surface area contributed by atoms with Crippen molar-refractivity contribution in [2.75, 3.05) is 25.9 Å². The fraction of sp³-hybridized carbons (Fsp3) is 0.240. The number of hydrogen-bond donors (Lipinski definition) is 5. The van der Waals surface area contributed by atoms with E-state index in [1.54, 1.807) is 18.2 Å². The number of phenols is 1. The summed E-state index contributed by atoms with van der Waals surface area (Å²) in [5.74, 6) is -2.36. The first-order valence-corrected chi connectivity index (χ1v) is 12.4. The molecule has 2 unspecified atom stereocenters. The number of aliphatic hydroxyl groups is 1. The van der Waals surface area contributed by atoms with Gasteiger partial charge in [0.1, 0.15) is 22.4 Å². The molecule has 0 saturated carbocycles. The first-order valence-electron chi connectivity index (χ1n) is 11.4. The molecule has 0 saturated heterocycles. The summed E-state index contributed by atoms with van der Waals surface area (Å²) >= 11 is 0.823. The van der Waals surface area contributed by atoms with Gasteiger partial charge in [-0.25, -0.2) is 13.8 Å². The minimum absolute atomic E-state index is 0.0314. The van der Waals surface area contributed by atoms with Crippen LogP contribution in [0, 0.1) is 17.0 Å². The summed E-state index contributed by atoms with van der Waals surface area (Å²) in [6.45, 7) is 1.52. The number of aliphatic hydroxyl groups excluding tert-OH is 1. The Morgan fingerprint density at radius 1 is 1.21 bits per heavy atom. The van der Waals surface area contributed by atoms with Crippen LogP contribution < -0.4 is 20.9 Å². The number of hydrogen-bond acceptors (Lipinski definition) is 10. The Morgan fingerprint density at radius 3 is 2.71 bits per heavy atom. The van der Waals surface area contributed by atoms with Crippen LogP contribution in [-0.4, -0.2) is 70.0 Å². The fourth-order valence-electron chi connectivity index (χ4n) is 3.51. The Balaban J connectivity index is 1.42. The van der Waals surface area contributed by atoms with E-state index < -0.39 is 29.8 Å². The third-order valence-electron chi connectivity index (χ3n) is 5.53. The molecule has 0 radical (unpaired) electrons. The van der Waals surface area contributed by atoms with Gasteiger partial charge in [0.25, 0.3) is 5.88 Å². The molecule has 1 aromatic heterocycles. The van der Waals surface area contributed by atoms with Crippen molar-refractivity contribution < 1.29 is 28.5 Å². The van der Waals surface area contributed by atoms with Crippen molar-refractivity contribution in [3.63, 3.8) is 0 Å². The van der Waals surface area contributed by atoms with Crippen LogP contribution in [0.2, 0.25) is 0 Å². The molecule has 2 heterocycles. The van der Waals surface area contributed by atoms with E-state index in [-0.39, 0.29) is 33.7 Å². The summed E-state index contributed by atoms with van der Waals surface area (Å²) in [5, 5.41) is 27.7. The number of rotatable bonds is 10. The number of nitrogen functional groups attached to an aromatic ring is 1. The molecule has 10 nitrogen and oxygen atoms in total. The number of thioether (sulfide) groups is 1. The zero-order chi connectivity index (χ0) is 27.4. The quantitative estimate of drug-likeness (QED) is 0.112. The molecule has 200 valence electrons. The maximum absolute atomic E-state index is 14.4. The van der Waals surface area contributed by atoms with Gasteiger partial charge in [-0.15, -0.1) is 11.8 Å². The molecule has 4 rings (SSSR count). The summed E-state index contributed by atoms with van der Waals surface area (Å²) in [6, 6.07) is 10.5. The van der Waals surface area contributed by atoms with Gasteiger partial charge in [-0.1, -0.05) is 12.1 Å². The highest BCUT2D eigenvalue weighted by Crippen LogP contribution is 2.34. The number of nitrogens with one attached hydrogen (secondary N) is 1. The van der Waals surface area contributed by atoms with E-state index >= 15 is 0 Å². The Bertz CT molecular complexity index is 1380. The van der Waals surface area contributed by atoms with Crippen molar-refractivity contribution in [3.8, 4) is 23.1 Å². The zero-order valence-corrected chi connectivity index (χ0v) is 21.1. The van der Waals surface area contributed by atoms with E-state index in [9.17, 15) is 19.0 Å². The molecule has 0 amide bonds. The molecule has 7 N–H and O–H groups in total. The molecule has 1 aliphatic rings. The maximum atomic E-state index is 14.4. The molecule has 2 aromatic carbocycles. The third-order valence-corrected chi connectivity index (χ3v) is 6.64. The molecule has 0 aliphatic carbocycles. The Kier molecular flexibility index (Phi) is 8.29. The summed E-state index contributed by atoms with van der Waals surface area (Å²) in [7, 11) is 1.94. The van der Waals surface area contributed by atoms with E-state index in [2.05, 4.69) is 9.98 Å². The second-order valence-corrected chi connectivity index (χ2v) is 9.41. The molecule has 1 aliphatic heterocycles. The number of ether oxygens (including phenoxy) is 2. The summed E-state index contributed by atoms with van der Waals surface area (Å²) in [6.07, 6.45) is -1.42. The highest BCUT2D eigenvalue weighted by atomic mass is 32.2. The van der Waals surface area contributed by atoms with E-state index in [1.165, 1.54) is 18.2 Å². The second-order valence-electron chi connectivity index (χ2n) is 8.40. The maximum Gasteiger partial charge on any atom is 0.257 e. The lowest BCUT2D eigenvalue weighted by Crippen LogP contribution is -2.40. The van der Waals surface area contributed by atoms with Gasteiger partial charge in [-0.3, -0.25) is 10.4 Å². The Morgan fingerprint density at radius 2 is 2.00 bits per heavy atom. The number of aromatic nitrogens is 1. The van der Waals surface area contributed by atoms with Crippen molar-refractivity contribution in [1.82, 2.24) is 9.88 Å². The SMILES string of the molecule is CN1CCN=C1c1cccc(OC(O)C(N)CSc2nc(Oc3cc(C(=N)N)ccc3O)c(F)cc2F)c1. The molecule has 3 aromatic rings. The van der Waals surface area contributed by atoms with Crippen molar-refractivity contribution in [3.05, 3.63) is 71.3 Å². The smallest absolute Gasteiger partial charge is 0.257 e. The number of pyridine rings is 1. The van der Waals surface area contributed by atoms with Gasteiger partial charge in [-0.05, 0) is 30.3 Å². The van der Waals surface area contributed by atoms with Crippen LogP contribution >= 0.6 is 11.8 Å². The number of amidine groups is 2. The third kappa shape index (κ3) is 6.30. The van der Waals surface area contributed by atoms with Crippen molar-refractivity contribution >= 4 is 23.4 Å². The fourth-order valence-corrected chi connectivity index (χ4v) is 4.37. The zero-order valence-electron chi connectivity index (χ0n) is 20.3. The molecular formula is C25H26F2N6O4S. The number of benzene rings is 2. The molecular weight excluding hydrogens is 518 g/mol. The van der Waals surface area contributed by atoms with E-state index in [0.717, 1.165) is 29.7 Å². The first-order chi connectivity index (χ1) is 18.1. The van der Waals surface area contributed by atoms with Crippen LogP contribution in [0.4, 0.5) is 8.78 Å². The van der Waals surface area contributed by atoms with Crippen molar-refractivity contribution in [2.45, 2.75) is 17.4 Å². The average Bonchev–Trinajstić information content (AvgIpc) is 3.31. The number of nitrogens with two attached hydrogens (primary N) is 2. The number of aromatic hydroxyl groups is 1. The van der Waals surface area contributed by atoms with Crippen LogP contribution in [0.25, 0.3) is 0 Å². The van der Waals surface area contributed by atoms with E-state index in [0.29, 0.717) is 18.4 Å². The van der Waals surface area contributed by atoms with Crippen molar-refractivity contribution in [2.24, 2.45) is 16.5 Å². The average molecular weight is 545 g/mol. The van der Waals surface area contributed by atoms with Crippen LogP contribution in [0.3, 0.4) is 0 Å². The number of halogens is 2. The van der Waals surface area contributed by atoms with Gasteiger partial charge in [0.2, 0.25) is 6.29 Å². The molecule has 0 bridgehead atoms. The van der Waals surface area contributed by atoms with Gasteiger partial charge in [0.15, 0.2) is 23.1 Å². The Hall–Kier alpha value is -3.94. The molecule has 13 heteroatoms. The van der Waals surface area contributed by atoms with Gasteiger partial charge < -0.3 is 36.1 Å². The number of likely N-dealkylation sites (N-methyl/N-ethyl adjacent to an activating group) is 1. The minimum atomic E-state index is -1.42. The van der Waals surface area contributed by atoms with Crippen LogP contribution in [0.1, 0.15) is 11.1 Å². The largest absolute Gasteiger partial charge is 0.504 e. The monoisotopic (exact) mass is 544 g/mol. The van der Waals surface area contributed by atoms with Crippen LogP contribution in [-0.2, 0) is 0 Å². The van der Waals surface area contributed by atoms with Crippen molar-refractivity contribution in [1.29, 1.82) is 5.41 Å². The summed E-state index contributed by atoms with van der Waals surface area (Å²) in [5.41, 5.74) is 12.6. The normalized spacial score (nSPS) is 14.7. The highest BCUT2D eigenvalue weighted by molar-refractivity contribution is 7.99. The minimum Gasteiger partial charge on any atom is -0.504 e. The topological polar surface area (TPSA) is 163 Å². The lowest BCUT2D eigenvalue weighted by atomic mass is 10.2. The predicted octanol–water partition coefficient (Wildman–Crippen LogP) is 2.65. The predicted molar refractivity (Wildman–Crippen MR) is 139 cm³/mol. The highest BCUT2D eigenvalue weighted by Gasteiger charge is 2.22. The van der Waals surface area contributed by atoms with Crippen LogP contribution in [0.5, 0.6) is 23.1 Å². The van der Waals surface area contributed by atoms with E-state index in [1.807, 2.05) is 18.0 Å². The molecule has 38 heavy (non-hydrogen) atoms. The molecule has 0 spiro atoms. The molecule has 0 fully saturated rings. The number of phenolic OH excluding ortho intramolecular Hbond substituents is 1. The van der Waals surface area contributed by atoms with Gasteiger partial charge >= 0.3 is 0 Å². The van der Waals surface area contributed by atoms with Crippen LogP contribution in [0.15, 0.2) is 58.5 Å². The Labute approximate surface area is 221 Å². The number of aliphatic imine (C=N–C) groups is 1.